The topological polar surface area (TPSA) is 97.4 Å². The van der Waals surface area contributed by atoms with Crippen LogP contribution in [0.3, 0.4) is 0 Å². The highest BCUT2D eigenvalue weighted by atomic mass is 32.2. The number of hydrogen-bond acceptors (Lipinski definition) is 6. The molecule has 3 aromatic rings. The number of aromatic nitrogens is 1. The van der Waals surface area contributed by atoms with Crippen LogP contribution in [0, 0.1) is 0 Å². The normalized spacial score (nSPS) is 11.0. The Morgan fingerprint density at radius 1 is 1.07 bits per heavy atom. The van der Waals surface area contributed by atoms with E-state index in [0.29, 0.717) is 30.3 Å². The van der Waals surface area contributed by atoms with Crippen molar-refractivity contribution in [3.63, 3.8) is 0 Å². The van der Waals surface area contributed by atoms with Crippen molar-refractivity contribution in [2.75, 3.05) is 16.6 Å². The first-order valence-electron chi connectivity index (χ1n) is 8.53. The summed E-state index contributed by atoms with van der Waals surface area (Å²) in [6.45, 7) is 0.442. The Bertz CT molecular complexity index is 989. The number of anilines is 2. The van der Waals surface area contributed by atoms with E-state index in [1.54, 1.807) is 17.5 Å². The maximum absolute atomic E-state index is 12.3. The Hall–Kier alpha value is -2.91. The second kappa shape index (κ2) is 9.34. The first-order chi connectivity index (χ1) is 13.5. The smallest absolute Gasteiger partial charge is 0.263 e. The molecule has 146 valence electrons. The van der Waals surface area contributed by atoms with Crippen molar-refractivity contribution in [2.45, 2.75) is 17.7 Å². The predicted molar refractivity (Wildman–Crippen MR) is 109 cm³/mol. The molecule has 0 bridgehead atoms. The van der Waals surface area contributed by atoms with Crippen LogP contribution in [0.5, 0.6) is 5.75 Å². The van der Waals surface area contributed by atoms with E-state index in [-0.39, 0.29) is 10.8 Å². The SMILES string of the molecule is O=C(CCCOc1ccccc1)Nc1ccc(S(=O)(=O)Nc2nccs2)cc1. The maximum atomic E-state index is 12.3. The first kappa shape index (κ1) is 19.8. The number of amides is 1. The van der Waals surface area contributed by atoms with Gasteiger partial charge in [-0.3, -0.25) is 9.52 Å². The first-order valence-corrected chi connectivity index (χ1v) is 10.9. The van der Waals surface area contributed by atoms with E-state index in [4.69, 9.17) is 4.74 Å². The van der Waals surface area contributed by atoms with Crippen molar-refractivity contribution in [3.05, 3.63) is 66.2 Å². The second-order valence-electron chi connectivity index (χ2n) is 5.78. The average molecular weight is 418 g/mol. The second-order valence-corrected chi connectivity index (χ2v) is 8.36. The van der Waals surface area contributed by atoms with Crippen molar-refractivity contribution in [3.8, 4) is 5.75 Å². The van der Waals surface area contributed by atoms with Crippen LogP contribution in [0.25, 0.3) is 0 Å². The van der Waals surface area contributed by atoms with Gasteiger partial charge in [0.2, 0.25) is 5.91 Å². The molecular formula is C19H19N3O4S2. The maximum Gasteiger partial charge on any atom is 0.263 e. The number of hydrogen-bond donors (Lipinski definition) is 2. The quantitative estimate of drug-likeness (QED) is 0.517. The molecule has 9 heteroatoms. The summed E-state index contributed by atoms with van der Waals surface area (Å²) in [5.74, 6) is 0.610. The lowest BCUT2D eigenvalue weighted by molar-refractivity contribution is -0.116. The Labute approximate surface area is 167 Å². The number of carbonyl (C=O) groups excluding carboxylic acids is 1. The van der Waals surface area contributed by atoms with Crippen LogP contribution in [0.15, 0.2) is 71.1 Å². The summed E-state index contributed by atoms with van der Waals surface area (Å²) in [4.78, 5) is 16.0. The summed E-state index contributed by atoms with van der Waals surface area (Å²) in [6, 6.07) is 15.4. The van der Waals surface area contributed by atoms with E-state index in [0.717, 1.165) is 5.75 Å². The Morgan fingerprint density at radius 3 is 2.50 bits per heavy atom. The van der Waals surface area contributed by atoms with Gasteiger partial charge in [-0.1, -0.05) is 18.2 Å². The minimum atomic E-state index is -3.70. The lowest BCUT2D eigenvalue weighted by atomic mass is 10.2. The Kier molecular flexibility index (Phi) is 6.62. The van der Waals surface area contributed by atoms with E-state index in [9.17, 15) is 13.2 Å². The van der Waals surface area contributed by atoms with E-state index in [1.165, 1.54) is 29.7 Å². The van der Waals surface area contributed by atoms with Gasteiger partial charge in [0.1, 0.15) is 5.75 Å². The summed E-state index contributed by atoms with van der Waals surface area (Å²) in [6.07, 6.45) is 2.40. The van der Waals surface area contributed by atoms with E-state index >= 15 is 0 Å². The summed E-state index contributed by atoms with van der Waals surface area (Å²) < 4.78 is 32.5. The zero-order chi connectivity index (χ0) is 19.8. The Morgan fingerprint density at radius 2 is 1.82 bits per heavy atom. The van der Waals surface area contributed by atoms with Gasteiger partial charge in [-0.2, -0.15) is 0 Å². The van der Waals surface area contributed by atoms with Crippen LogP contribution in [0.2, 0.25) is 0 Å². The molecule has 1 aromatic heterocycles. The number of ether oxygens (including phenoxy) is 1. The summed E-state index contributed by atoms with van der Waals surface area (Å²) >= 11 is 1.20. The van der Waals surface area contributed by atoms with Crippen molar-refractivity contribution in [1.29, 1.82) is 0 Å². The molecule has 1 amide bonds. The zero-order valence-corrected chi connectivity index (χ0v) is 16.5. The van der Waals surface area contributed by atoms with Crippen LogP contribution in [-0.2, 0) is 14.8 Å². The van der Waals surface area contributed by atoms with E-state index < -0.39 is 10.0 Å². The number of thiazole rings is 1. The highest BCUT2D eigenvalue weighted by Crippen LogP contribution is 2.19. The molecule has 0 aliphatic carbocycles. The molecule has 2 aromatic carbocycles. The number of para-hydroxylation sites is 1. The van der Waals surface area contributed by atoms with Crippen molar-refractivity contribution in [2.24, 2.45) is 0 Å². The van der Waals surface area contributed by atoms with Gasteiger partial charge < -0.3 is 10.1 Å². The third-order valence-corrected chi connectivity index (χ3v) is 5.84. The predicted octanol–water partition coefficient (Wildman–Crippen LogP) is 3.74. The molecule has 7 nitrogen and oxygen atoms in total. The molecule has 3 rings (SSSR count). The molecule has 0 saturated carbocycles. The fraction of sp³-hybridized carbons (Fsp3) is 0.158. The van der Waals surface area contributed by atoms with Crippen LogP contribution in [-0.4, -0.2) is 25.9 Å². The van der Waals surface area contributed by atoms with Crippen molar-refractivity contribution < 1.29 is 17.9 Å². The minimum absolute atomic E-state index is 0.0944. The monoisotopic (exact) mass is 417 g/mol. The van der Waals surface area contributed by atoms with Gasteiger partial charge in [-0.05, 0) is 42.8 Å². The molecule has 28 heavy (non-hydrogen) atoms. The molecule has 0 spiro atoms. The molecule has 0 fully saturated rings. The van der Waals surface area contributed by atoms with E-state index in [1.807, 2.05) is 30.3 Å². The molecule has 0 aliphatic heterocycles. The number of rotatable bonds is 9. The molecule has 0 saturated heterocycles. The molecular weight excluding hydrogens is 398 g/mol. The number of sulfonamides is 1. The number of nitrogens with zero attached hydrogens (tertiary/aromatic N) is 1. The number of nitrogens with one attached hydrogen (secondary N) is 2. The molecule has 2 N–H and O–H groups in total. The average Bonchev–Trinajstić information content (AvgIpc) is 3.19. The van der Waals surface area contributed by atoms with Gasteiger partial charge in [0, 0.05) is 23.7 Å². The fourth-order valence-corrected chi connectivity index (χ4v) is 4.12. The number of carbonyl (C=O) groups is 1. The lowest BCUT2D eigenvalue weighted by Gasteiger charge is -2.08. The van der Waals surface area contributed by atoms with Crippen LogP contribution in [0.4, 0.5) is 10.8 Å². The summed E-state index contributed by atoms with van der Waals surface area (Å²) in [7, 11) is -3.70. The lowest BCUT2D eigenvalue weighted by Crippen LogP contribution is -2.14. The Balaban J connectivity index is 1.46. The summed E-state index contributed by atoms with van der Waals surface area (Å²) in [5.41, 5.74) is 0.530. The summed E-state index contributed by atoms with van der Waals surface area (Å²) in [5, 5.41) is 4.73. The van der Waals surface area contributed by atoms with Crippen molar-refractivity contribution >= 4 is 38.1 Å². The van der Waals surface area contributed by atoms with Gasteiger partial charge in [0.15, 0.2) is 5.13 Å². The van der Waals surface area contributed by atoms with Gasteiger partial charge in [-0.25, -0.2) is 13.4 Å². The largest absolute Gasteiger partial charge is 0.494 e. The van der Waals surface area contributed by atoms with Crippen LogP contribution < -0.4 is 14.8 Å². The van der Waals surface area contributed by atoms with Gasteiger partial charge in [-0.15, -0.1) is 11.3 Å². The van der Waals surface area contributed by atoms with E-state index in [2.05, 4.69) is 15.0 Å². The third kappa shape index (κ3) is 5.80. The van der Waals surface area contributed by atoms with Gasteiger partial charge >= 0.3 is 0 Å². The highest BCUT2D eigenvalue weighted by molar-refractivity contribution is 7.93. The third-order valence-electron chi connectivity index (χ3n) is 3.66. The molecule has 0 unspecified atom stereocenters. The zero-order valence-electron chi connectivity index (χ0n) is 14.9. The van der Waals surface area contributed by atoms with Crippen molar-refractivity contribution in [1.82, 2.24) is 4.98 Å². The fourth-order valence-electron chi connectivity index (χ4n) is 2.33. The standard InChI is InChI=1S/C19H19N3O4S2/c23-18(7-4-13-26-16-5-2-1-3-6-16)21-15-8-10-17(11-9-15)28(24,25)22-19-20-12-14-27-19/h1-3,5-6,8-12,14H,4,7,13H2,(H,20,22)(H,21,23). The molecule has 0 radical (unpaired) electrons. The van der Waals surface area contributed by atoms with Crippen LogP contribution >= 0.6 is 11.3 Å². The molecule has 0 aliphatic rings. The van der Waals surface area contributed by atoms with Crippen LogP contribution in [0.1, 0.15) is 12.8 Å². The van der Waals surface area contributed by atoms with Gasteiger partial charge in [0.05, 0.1) is 11.5 Å². The highest BCUT2D eigenvalue weighted by Gasteiger charge is 2.15. The van der Waals surface area contributed by atoms with Gasteiger partial charge in [0.25, 0.3) is 10.0 Å². The molecule has 1 heterocycles. The molecule has 0 atom stereocenters. The number of benzene rings is 2. The minimum Gasteiger partial charge on any atom is -0.494 e.